The molecule has 0 unspecified atom stereocenters. The van der Waals surface area contributed by atoms with Gasteiger partial charge in [0.25, 0.3) is 5.91 Å². The van der Waals surface area contributed by atoms with Crippen molar-refractivity contribution in [2.45, 2.75) is 30.7 Å². The van der Waals surface area contributed by atoms with Crippen LogP contribution in [0, 0.1) is 0 Å². The van der Waals surface area contributed by atoms with Gasteiger partial charge in [-0.2, -0.15) is 4.31 Å². The van der Waals surface area contributed by atoms with Gasteiger partial charge in [0.1, 0.15) is 10.6 Å². The van der Waals surface area contributed by atoms with Crippen LogP contribution in [0.15, 0.2) is 47.4 Å². The molecule has 8 heteroatoms. The van der Waals surface area contributed by atoms with Gasteiger partial charge < -0.3 is 10.1 Å². The largest absolute Gasteiger partial charge is 0.497 e. The molecule has 1 amide bonds. The summed E-state index contributed by atoms with van der Waals surface area (Å²) in [4.78, 5) is 12.6. The molecule has 0 aromatic heterocycles. The van der Waals surface area contributed by atoms with Gasteiger partial charge in [-0.1, -0.05) is 23.7 Å². The summed E-state index contributed by atoms with van der Waals surface area (Å²) in [6.07, 6.45) is 1.66. The second-order valence-electron chi connectivity index (χ2n) is 6.72. The zero-order valence-electron chi connectivity index (χ0n) is 15.8. The first-order chi connectivity index (χ1) is 13.3. The van der Waals surface area contributed by atoms with Crippen molar-refractivity contribution in [2.24, 2.45) is 0 Å². The first kappa shape index (κ1) is 20.6. The number of halogens is 1. The molecule has 1 heterocycles. The maximum absolute atomic E-state index is 12.8. The molecule has 6 nitrogen and oxygen atoms in total. The number of nitrogens with one attached hydrogen (secondary N) is 1. The zero-order valence-corrected chi connectivity index (χ0v) is 17.4. The highest BCUT2D eigenvalue weighted by atomic mass is 35.5. The Labute approximate surface area is 170 Å². The van der Waals surface area contributed by atoms with E-state index < -0.39 is 10.0 Å². The Morgan fingerprint density at radius 1 is 1.14 bits per heavy atom. The summed E-state index contributed by atoms with van der Waals surface area (Å²) in [5.74, 6) is 0.370. The first-order valence-corrected chi connectivity index (χ1v) is 10.9. The van der Waals surface area contributed by atoms with Crippen molar-refractivity contribution in [3.63, 3.8) is 0 Å². The van der Waals surface area contributed by atoms with Crippen LogP contribution < -0.4 is 10.1 Å². The standard InChI is InChI=1S/C20H23ClN2O4S/c1-14(15-5-8-17(27-2)9-6-15)22-20(24)16-7-10-18(21)19(13-16)28(25,26)23-11-3-4-12-23/h5-10,13-14H,3-4,11-12H2,1-2H3,(H,22,24)/t14-/m1/s1. The van der Waals surface area contributed by atoms with Crippen molar-refractivity contribution < 1.29 is 17.9 Å². The maximum atomic E-state index is 12.8. The van der Waals surface area contributed by atoms with Gasteiger partial charge in [0.05, 0.1) is 18.2 Å². The third kappa shape index (κ3) is 4.32. The topological polar surface area (TPSA) is 75.7 Å². The van der Waals surface area contributed by atoms with Crippen molar-refractivity contribution in [1.29, 1.82) is 0 Å². The Morgan fingerprint density at radius 2 is 1.79 bits per heavy atom. The van der Waals surface area contributed by atoms with Gasteiger partial charge in [0.2, 0.25) is 10.0 Å². The minimum atomic E-state index is -3.71. The van der Waals surface area contributed by atoms with Gasteiger partial charge in [-0.05, 0) is 55.7 Å². The van der Waals surface area contributed by atoms with Crippen molar-refractivity contribution in [3.05, 3.63) is 58.6 Å². The number of hydrogen-bond acceptors (Lipinski definition) is 4. The van der Waals surface area contributed by atoms with Crippen molar-refractivity contribution in [2.75, 3.05) is 20.2 Å². The van der Waals surface area contributed by atoms with E-state index in [1.165, 1.54) is 22.5 Å². The molecule has 1 saturated heterocycles. The van der Waals surface area contributed by atoms with Crippen LogP contribution in [0.1, 0.15) is 41.7 Å². The molecule has 2 aromatic carbocycles. The Bertz CT molecular complexity index is 955. The van der Waals surface area contributed by atoms with Crippen LogP contribution in [-0.4, -0.2) is 38.8 Å². The summed E-state index contributed by atoms with van der Waals surface area (Å²) in [6.45, 7) is 2.81. The molecule has 0 radical (unpaired) electrons. The molecular weight excluding hydrogens is 400 g/mol. The van der Waals surface area contributed by atoms with E-state index >= 15 is 0 Å². The summed E-state index contributed by atoms with van der Waals surface area (Å²) in [5, 5.41) is 3.00. The second-order valence-corrected chi connectivity index (χ2v) is 9.04. The van der Waals surface area contributed by atoms with Crippen LogP contribution in [0.5, 0.6) is 5.75 Å². The number of sulfonamides is 1. The van der Waals surface area contributed by atoms with Gasteiger partial charge in [-0.15, -0.1) is 0 Å². The van der Waals surface area contributed by atoms with Crippen LogP contribution in [0.2, 0.25) is 5.02 Å². The van der Waals surface area contributed by atoms with Crippen molar-refractivity contribution in [3.8, 4) is 5.75 Å². The van der Waals surface area contributed by atoms with E-state index in [9.17, 15) is 13.2 Å². The van der Waals surface area contributed by atoms with E-state index in [0.717, 1.165) is 24.2 Å². The van der Waals surface area contributed by atoms with Gasteiger partial charge in [0, 0.05) is 18.7 Å². The predicted molar refractivity (Wildman–Crippen MR) is 108 cm³/mol. The molecule has 28 heavy (non-hydrogen) atoms. The van der Waals surface area contributed by atoms with Gasteiger partial charge in [-0.25, -0.2) is 8.42 Å². The van der Waals surface area contributed by atoms with E-state index in [1.54, 1.807) is 7.11 Å². The predicted octanol–water partition coefficient (Wildman–Crippen LogP) is 3.62. The van der Waals surface area contributed by atoms with Crippen LogP contribution in [0.25, 0.3) is 0 Å². The number of hydrogen-bond donors (Lipinski definition) is 1. The van der Waals surface area contributed by atoms with Crippen LogP contribution >= 0.6 is 11.6 Å². The molecule has 1 N–H and O–H groups in total. The molecular formula is C20H23ClN2O4S. The molecule has 0 aliphatic carbocycles. The number of ether oxygens (including phenoxy) is 1. The number of benzene rings is 2. The third-order valence-electron chi connectivity index (χ3n) is 4.84. The van der Waals surface area contributed by atoms with Gasteiger partial charge in [0.15, 0.2) is 0 Å². The average molecular weight is 423 g/mol. The Kier molecular flexibility index (Phi) is 6.27. The molecule has 1 atom stereocenters. The van der Waals surface area contributed by atoms with E-state index in [4.69, 9.17) is 16.3 Å². The summed E-state index contributed by atoms with van der Waals surface area (Å²) in [6, 6.07) is 11.5. The highest BCUT2D eigenvalue weighted by Crippen LogP contribution is 2.28. The number of rotatable bonds is 6. The lowest BCUT2D eigenvalue weighted by Crippen LogP contribution is -2.29. The summed E-state index contributed by atoms with van der Waals surface area (Å²) < 4.78 is 32.2. The van der Waals surface area contributed by atoms with Crippen LogP contribution in [-0.2, 0) is 10.0 Å². The smallest absolute Gasteiger partial charge is 0.251 e. The highest BCUT2D eigenvalue weighted by molar-refractivity contribution is 7.89. The molecule has 0 bridgehead atoms. The van der Waals surface area contributed by atoms with E-state index in [2.05, 4.69) is 5.32 Å². The molecule has 2 aromatic rings. The lowest BCUT2D eigenvalue weighted by Gasteiger charge is -2.18. The maximum Gasteiger partial charge on any atom is 0.251 e. The Hall–Kier alpha value is -2.09. The number of methoxy groups -OCH3 is 1. The van der Waals surface area contributed by atoms with Crippen LogP contribution in [0.4, 0.5) is 0 Å². The lowest BCUT2D eigenvalue weighted by atomic mass is 10.1. The molecule has 3 rings (SSSR count). The van der Waals surface area contributed by atoms with E-state index in [0.29, 0.717) is 13.1 Å². The summed E-state index contributed by atoms with van der Waals surface area (Å²) in [7, 11) is -2.11. The third-order valence-corrected chi connectivity index (χ3v) is 7.22. The van der Waals surface area contributed by atoms with Crippen LogP contribution in [0.3, 0.4) is 0 Å². The highest BCUT2D eigenvalue weighted by Gasteiger charge is 2.29. The monoisotopic (exact) mass is 422 g/mol. The number of nitrogens with zero attached hydrogens (tertiary/aromatic N) is 1. The number of carbonyl (C=O) groups excluding carboxylic acids is 1. The molecule has 0 saturated carbocycles. The fraction of sp³-hybridized carbons (Fsp3) is 0.350. The first-order valence-electron chi connectivity index (χ1n) is 9.07. The normalized spacial score (nSPS) is 16.0. The minimum absolute atomic E-state index is 0.0270. The minimum Gasteiger partial charge on any atom is -0.497 e. The average Bonchev–Trinajstić information content (AvgIpc) is 3.24. The van der Waals surface area contributed by atoms with Gasteiger partial charge in [-0.3, -0.25) is 4.79 Å². The Balaban J connectivity index is 1.80. The fourth-order valence-electron chi connectivity index (χ4n) is 3.17. The summed E-state index contributed by atoms with van der Waals surface area (Å²) >= 11 is 6.14. The Morgan fingerprint density at radius 3 is 2.39 bits per heavy atom. The molecule has 1 aliphatic heterocycles. The van der Waals surface area contributed by atoms with Gasteiger partial charge >= 0.3 is 0 Å². The molecule has 1 fully saturated rings. The summed E-state index contributed by atoms with van der Waals surface area (Å²) in [5.41, 5.74) is 1.16. The van der Waals surface area contributed by atoms with Crippen molar-refractivity contribution in [1.82, 2.24) is 9.62 Å². The van der Waals surface area contributed by atoms with E-state index in [1.807, 2.05) is 31.2 Å². The lowest BCUT2D eigenvalue weighted by molar-refractivity contribution is 0.0939. The fourth-order valence-corrected chi connectivity index (χ4v) is 5.18. The second kappa shape index (κ2) is 8.51. The van der Waals surface area contributed by atoms with E-state index in [-0.39, 0.29) is 27.4 Å². The SMILES string of the molecule is COc1ccc([C@@H](C)NC(=O)c2ccc(Cl)c(S(=O)(=O)N3CCCC3)c2)cc1. The molecule has 150 valence electrons. The molecule has 1 aliphatic rings. The molecule has 0 spiro atoms. The number of carbonyl (C=O) groups is 1. The zero-order chi connectivity index (χ0) is 20.3. The quantitative estimate of drug-likeness (QED) is 0.771. The number of amides is 1. The van der Waals surface area contributed by atoms with Crippen molar-refractivity contribution >= 4 is 27.5 Å².